The Hall–Kier alpha value is -1.62. The van der Waals surface area contributed by atoms with Gasteiger partial charge in [-0.2, -0.15) is 0 Å². The van der Waals surface area contributed by atoms with Crippen LogP contribution in [0.25, 0.3) is 10.8 Å². The SMILES string of the molecule is CC(C)NCC(O)COc1cccc2ccccc12.O. The molecule has 20 heavy (non-hydrogen) atoms. The Morgan fingerprint density at radius 2 is 1.80 bits per heavy atom. The molecule has 0 bridgehead atoms. The molecule has 1 atom stereocenters. The van der Waals surface area contributed by atoms with Gasteiger partial charge in [0.25, 0.3) is 0 Å². The summed E-state index contributed by atoms with van der Waals surface area (Å²) in [7, 11) is 0. The smallest absolute Gasteiger partial charge is 0.127 e. The van der Waals surface area contributed by atoms with Crippen molar-refractivity contribution in [1.29, 1.82) is 0 Å². The average molecular weight is 277 g/mol. The predicted molar refractivity (Wildman–Crippen MR) is 82.2 cm³/mol. The fraction of sp³-hybridized carbons (Fsp3) is 0.375. The summed E-state index contributed by atoms with van der Waals surface area (Å²) in [6, 6.07) is 14.4. The van der Waals surface area contributed by atoms with Gasteiger partial charge in [0, 0.05) is 18.0 Å². The lowest BCUT2D eigenvalue weighted by atomic mass is 10.1. The normalized spacial score (nSPS) is 12.2. The van der Waals surface area contributed by atoms with Gasteiger partial charge in [-0.05, 0) is 11.5 Å². The van der Waals surface area contributed by atoms with Crippen molar-refractivity contribution < 1.29 is 15.3 Å². The molecule has 4 heteroatoms. The number of benzene rings is 2. The van der Waals surface area contributed by atoms with E-state index >= 15 is 0 Å². The van der Waals surface area contributed by atoms with E-state index in [2.05, 4.69) is 31.3 Å². The summed E-state index contributed by atoms with van der Waals surface area (Å²) in [5.74, 6) is 0.821. The van der Waals surface area contributed by atoms with Crippen molar-refractivity contribution in [1.82, 2.24) is 5.32 Å². The molecule has 0 aliphatic carbocycles. The van der Waals surface area contributed by atoms with Gasteiger partial charge in [0.1, 0.15) is 18.5 Å². The van der Waals surface area contributed by atoms with E-state index in [1.54, 1.807) is 0 Å². The van der Waals surface area contributed by atoms with E-state index in [9.17, 15) is 5.11 Å². The Kier molecular flexibility index (Phi) is 6.45. The van der Waals surface area contributed by atoms with Crippen molar-refractivity contribution in [2.45, 2.75) is 26.0 Å². The first-order valence-corrected chi connectivity index (χ1v) is 6.69. The van der Waals surface area contributed by atoms with Crippen molar-refractivity contribution >= 4 is 10.8 Å². The first-order valence-electron chi connectivity index (χ1n) is 6.69. The van der Waals surface area contributed by atoms with E-state index in [-0.39, 0.29) is 5.48 Å². The lowest BCUT2D eigenvalue weighted by molar-refractivity contribution is 0.105. The highest BCUT2D eigenvalue weighted by Crippen LogP contribution is 2.25. The highest BCUT2D eigenvalue weighted by Gasteiger charge is 2.07. The zero-order valence-electron chi connectivity index (χ0n) is 12.0. The number of aliphatic hydroxyl groups excluding tert-OH is 1. The molecular formula is C16H23NO3. The second kappa shape index (κ2) is 7.85. The second-order valence-electron chi connectivity index (χ2n) is 5.01. The second-order valence-corrected chi connectivity index (χ2v) is 5.01. The van der Waals surface area contributed by atoms with Crippen LogP contribution < -0.4 is 10.1 Å². The third-order valence-electron chi connectivity index (χ3n) is 2.94. The van der Waals surface area contributed by atoms with Crippen LogP contribution in [0, 0.1) is 0 Å². The molecule has 110 valence electrons. The van der Waals surface area contributed by atoms with Crippen molar-refractivity contribution in [2.24, 2.45) is 0 Å². The summed E-state index contributed by atoms with van der Waals surface area (Å²) in [6.45, 7) is 4.95. The molecular weight excluding hydrogens is 254 g/mol. The van der Waals surface area contributed by atoms with Crippen LogP contribution in [0.5, 0.6) is 5.75 Å². The number of hydrogen-bond donors (Lipinski definition) is 2. The van der Waals surface area contributed by atoms with Gasteiger partial charge >= 0.3 is 0 Å². The summed E-state index contributed by atoms with van der Waals surface area (Å²) in [5, 5.41) is 15.3. The molecule has 0 saturated carbocycles. The molecule has 0 saturated heterocycles. The molecule has 0 radical (unpaired) electrons. The van der Waals surface area contributed by atoms with Crippen LogP contribution in [0.3, 0.4) is 0 Å². The van der Waals surface area contributed by atoms with Crippen LogP contribution >= 0.6 is 0 Å². The van der Waals surface area contributed by atoms with Gasteiger partial charge in [-0.3, -0.25) is 0 Å². The minimum Gasteiger partial charge on any atom is -0.490 e. The Morgan fingerprint density at radius 1 is 1.10 bits per heavy atom. The number of hydrogen-bond acceptors (Lipinski definition) is 3. The highest BCUT2D eigenvalue weighted by molar-refractivity contribution is 5.88. The molecule has 4 nitrogen and oxygen atoms in total. The van der Waals surface area contributed by atoms with Crippen LogP contribution in [-0.2, 0) is 0 Å². The van der Waals surface area contributed by atoms with Crippen molar-refractivity contribution in [2.75, 3.05) is 13.2 Å². The Morgan fingerprint density at radius 3 is 2.55 bits per heavy atom. The van der Waals surface area contributed by atoms with Crippen molar-refractivity contribution in [3.63, 3.8) is 0 Å². The molecule has 0 aliphatic heterocycles. The maximum absolute atomic E-state index is 9.84. The molecule has 1 unspecified atom stereocenters. The lowest BCUT2D eigenvalue weighted by Crippen LogP contribution is -2.35. The zero-order valence-corrected chi connectivity index (χ0v) is 12.0. The van der Waals surface area contributed by atoms with E-state index < -0.39 is 6.10 Å². The molecule has 0 heterocycles. The monoisotopic (exact) mass is 277 g/mol. The van der Waals surface area contributed by atoms with E-state index in [1.807, 2.05) is 30.3 Å². The van der Waals surface area contributed by atoms with Crippen LogP contribution in [0.4, 0.5) is 0 Å². The van der Waals surface area contributed by atoms with E-state index in [4.69, 9.17) is 4.74 Å². The molecule has 0 aromatic heterocycles. The first kappa shape index (κ1) is 16.4. The van der Waals surface area contributed by atoms with Gasteiger partial charge in [-0.1, -0.05) is 50.2 Å². The van der Waals surface area contributed by atoms with Gasteiger partial charge in [-0.25, -0.2) is 0 Å². The molecule has 2 aromatic carbocycles. The summed E-state index contributed by atoms with van der Waals surface area (Å²) in [5.41, 5.74) is 0. The maximum Gasteiger partial charge on any atom is 0.127 e. The summed E-state index contributed by atoms with van der Waals surface area (Å²) < 4.78 is 5.72. The highest BCUT2D eigenvalue weighted by atomic mass is 16.5. The van der Waals surface area contributed by atoms with E-state index in [0.717, 1.165) is 16.5 Å². The van der Waals surface area contributed by atoms with Crippen LogP contribution in [0.15, 0.2) is 42.5 Å². The summed E-state index contributed by atoms with van der Waals surface area (Å²) in [4.78, 5) is 0. The van der Waals surface area contributed by atoms with Crippen LogP contribution in [-0.4, -0.2) is 35.9 Å². The number of rotatable bonds is 6. The fourth-order valence-corrected chi connectivity index (χ4v) is 1.94. The molecule has 0 fully saturated rings. The molecule has 4 N–H and O–H groups in total. The minimum absolute atomic E-state index is 0. The lowest BCUT2D eigenvalue weighted by Gasteiger charge is -2.15. The summed E-state index contributed by atoms with van der Waals surface area (Å²) in [6.07, 6.45) is -0.499. The third kappa shape index (κ3) is 4.49. The van der Waals surface area contributed by atoms with E-state index in [0.29, 0.717) is 19.2 Å². The first-order chi connectivity index (χ1) is 9.16. The Labute approximate surface area is 119 Å². The van der Waals surface area contributed by atoms with Gasteiger partial charge in [0.05, 0.1) is 0 Å². The Bertz CT molecular complexity index is 523. The van der Waals surface area contributed by atoms with Crippen LogP contribution in [0.1, 0.15) is 13.8 Å². The van der Waals surface area contributed by atoms with E-state index in [1.165, 1.54) is 0 Å². The molecule has 2 rings (SSSR count). The minimum atomic E-state index is -0.499. The van der Waals surface area contributed by atoms with Gasteiger partial charge in [0.2, 0.25) is 0 Å². The fourth-order valence-electron chi connectivity index (χ4n) is 1.94. The van der Waals surface area contributed by atoms with Gasteiger partial charge < -0.3 is 20.6 Å². The number of aliphatic hydroxyl groups is 1. The van der Waals surface area contributed by atoms with Crippen molar-refractivity contribution in [3.05, 3.63) is 42.5 Å². The Balaban J connectivity index is 0.00000200. The van der Waals surface area contributed by atoms with Crippen molar-refractivity contribution in [3.8, 4) is 5.75 Å². The number of nitrogens with one attached hydrogen (secondary N) is 1. The average Bonchev–Trinajstić information content (AvgIpc) is 2.42. The topological polar surface area (TPSA) is 73.0 Å². The maximum atomic E-state index is 9.84. The largest absolute Gasteiger partial charge is 0.490 e. The predicted octanol–water partition coefficient (Wildman–Crippen LogP) is 1.75. The number of ether oxygens (including phenoxy) is 1. The number of fused-ring (bicyclic) bond motifs is 1. The molecule has 2 aromatic rings. The van der Waals surface area contributed by atoms with Crippen LogP contribution in [0.2, 0.25) is 0 Å². The van der Waals surface area contributed by atoms with Gasteiger partial charge in [0.15, 0.2) is 0 Å². The quantitative estimate of drug-likeness (QED) is 0.845. The standard InChI is InChI=1S/C16H21NO2.H2O/c1-12(2)17-10-14(18)11-19-16-9-5-7-13-6-3-4-8-15(13)16;/h3-9,12,14,17-18H,10-11H2,1-2H3;1H2. The zero-order chi connectivity index (χ0) is 13.7. The van der Waals surface area contributed by atoms with Gasteiger partial charge in [-0.15, -0.1) is 0 Å². The summed E-state index contributed by atoms with van der Waals surface area (Å²) >= 11 is 0. The molecule has 0 spiro atoms. The molecule has 0 aliphatic rings. The third-order valence-corrected chi connectivity index (χ3v) is 2.94. The molecule has 0 amide bonds.